The van der Waals surface area contributed by atoms with E-state index in [0.717, 1.165) is 5.56 Å². The van der Waals surface area contributed by atoms with Gasteiger partial charge in [0.1, 0.15) is 12.6 Å². The zero-order valence-corrected chi connectivity index (χ0v) is 40.8. The van der Waals surface area contributed by atoms with E-state index in [1.165, 1.54) is 4.90 Å². The first-order valence-electron chi connectivity index (χ1n) is 22.7. The van der Waals surface area contributed by atoms with E-state index < -0.39 is 53.7 Å². The van der Waals surface area contributed by atoms with Gasteiger partial charge in [-0.15, -0.1) is 0 Å². The summed E-state index contributed by atoms with van der Waals surface area (Å²) in [6, 6.07) is 12.8. The van der Waals surface area contributed by atoms with Gasteiger partial charge in [-0.3, -0.25) is 48.1 Å². The Hall–Kier alpha value is -6.13. The molecule has 8 amide bonds. The molecule has 0 aliphatic heterocycles. The quantitative estimate of drug-likeness (QED) is 0.0509. The highest BCUT2D eigenvalue weighted by molar-refractivity contribution is 5.97. The highest BCUT2D eigenvalue weighted by Crippen LogP contribution is 2.35. The second kappa shape index (κ2) is 26.7. The summed E-state index contributed by atoms with van der Waals surface area (Å²) in [5.74, 6) is -4.09. The van der Waals surface area contributed by atoms with Gasteiger partial charge in [-0.05, 0) is 67.9 Å². The summed E-state index contributed by atoms with van der Waals surface area (Å²) >= 11 is 0. The van der Waals surface area contributed by atoms with Gasteiger partial charge < -0.3 is 36.2 Å². The Morgan fingerprint density at radius 2 is 1.38 bits per heavy atom. The first kappa shape index (κ1) is 56.0. The number of benzene rings is 2. The van der Waals surface area contributed by atoms with Gasteiger partial charge in [0, 0.05) is 43.5 Å². The van der Waals surface area contributed by atoms with E-state index in [9.17, 15) is 43.2 Å². The molecule has 5 N–H and O–H groups in total. The number of amides is 8. The van der Waals surface area contributed by atoms with Crippen LogP contribution in [0.1, 0.15) is 118 Å². The molecule has 0 aliphatic carbocycles. The van der Waals surface area contributed by atoms with Crippen molar-refractivity contribution < 1.29 is 47.9 Å². The Bertz CT molecular complexity index is 1990. The lowest BCUT2D eigenvalue weighted by molar-refractivity contribution is -0.149. The van der Waals surface area contributed by atoms with E-state index >= 15 is 0 Å². The molecule has 2 aromatic rings. The normalized spacial score (nSPS) is 12.3. The van der Waals surface area contributed by atoms with E-state index in [1.54, 1.807) is 74.3 Å². The predicted octanol–water partition coefficient (Wildman–Crippen LogP) is 4.37. The smallest absolute Gasteiger partial charge is 0.308 e. The highest BCUT2D eigenvalue weighted by Gasteiger charge is 2.37. The van der Waals surface area contributed by atoms with Gasteiger partial charge >= 0.3 is 5.97 Å². The third-order valence-electron chi connectivity index (χ3n) is 11.2. The summed E-state index contributed by atoms with van der Waals surface area (Å²) in [5.41, 5.74) is 0.772. The lowest BCUT2D eigenvalue weighted by Gasteiger charge is -2.40. The fraction of sp³-hybridized carbons (Fsp3) is 0.571. The van der Waals surface area contributed by atoms with Crippen LogP contribution >= 0.6 is 0 Å². The number of unbranched alkanes of at least 4 members (excludes halogenated alkanes) is 2. The Kier molecular flexibility index (Phi) is 22.7. The van der Waals surface area contributed by atoms with Crippen molar-refractivity contribution in [1.82, 2.24) is 31.1 Å². The molecule has 0 bridgehead atoms. The van der Waals surface area contributed by atoms with Crippen LogP contribution in [-0.2, 0) is 66.5 Å². The molecule has 0 spiro atoms. The molecule has 0 aromatic heterocycles. The number of anilines is 1. The van der Waals surface area contributed by atoms with Crippen LogP contribution in [0.3, 0.4) is 0 Å². The fourth-order valence-corrected chi connectivity index (χ4v) is 7.02. The first-order valence-corrected chi connectivity index (χ1v) is 22.7. The van der Waals surface area contributed by atoms with Gasteiger partial charge in [-0.2, -0.15) is 0 Å². The molecule has 364 valence electrons. The maximum absolute atomic E-state index is 13.5. The van der Waals surface area contributed by atoms with Crippen molar-refractivity contribution in [3.8, 4) is 0 Å². The van der Waals surface area contributed by atoms with Gasteiger partial charge in [0.25, 0.3) is 0 Å². The molecule has 0 saturated heterocycles. The molecule has 0 fully saturated rings. The van der Waals surface area contributed by atoms with E-state index in [2.05, 4.69) is 26.6 Å². The van der Waals surface area contributed by atoms with E-state index in [4.69, 9.17) is 4.74 Å². The van der Waals surface area contributed by atoms with Crippen LogP contribution < -0.4 is 26.6 Å². The molecule has 0 aliphatic rings. The lowest BCUT2D eigenvalue weighted by Crippen LogP contribution is -2.52. The fourth-order valence-electron chi connectivity index (χ4n) is 7.02. The van der Waals surface area contributed by atoms with Crippen LogP contribution in [0.4, 0.5) is 5.69 Å². The average molecular weight is 920 g/mol. The van der Waals surface area contributed by atoms with Crippen molar-refractivity contribution in [3.63, 3.8) is 0 Å². The summed E-state index contributed by atoms with van der Waals surface area (Å²) in [7, 11) is 1.69. The monoisotopic (exact) mass is 920 g/mol. The largest absolute Gasteiger partial charge is 0.461 e. The van der Waals surface area contributed by atoms with E-state index in [0.29, 0.717) is 48.9 Å². The van der Waals surface area contributed by atoms with Crippen LogP contribution in [0.15, 0.2) is 48.5 Å². The van der Waals surface area contributed by atoms with E-state index in [1.807, 2.05) is 55.4 Å². The number of nitrogens with one attached hydrogen (secondary N) is 5. The van der Waals surface area contributed by atoms with Gasteiger partial charge in [0.15, 0.2) is 0 Å². The summed E-state index contributed by atoms with van der Waals surface area (Å²) in [5, 5.41) is 12.9. The zero-order valence-electron chi connectivity index (χ0n) is 40.8. The predicted molar refractivity (Wildman–Crippen MR) is 251 cm³/mol. The highest BCUT2D eigenvalue weighted by atomic mass is 16.5. The Balaban J connectivity index is 2.00. The zero-order chi connectivity index (χ0) is 49.8. The minimum absolute atomic E-state index is 0.0536. The lowest BCUT2D eigenvalue weighted by atomic mass is 9.85. The number of rotatable bonds is 26. The van der Waals surface area contributed by atoms with Crippen LogP contribution in [0.2, 0.25) is 0 Å². The van der Waals surface area contributed by atoms with Crippen molar-refractivity contribution in [1.29, 1.82) is 0 Å². The number of esters is 1. The Labute approximate surface area is 390 Å². The number of hydrogen-bond acceptors (Lipinski definition) is 10. The molecule has 2 rings (SSSR count). The maximum Gasteiger partial charge on any atom is 0.308 e. The number of imide groups is 1. The summed E-state index contributed by atoms with van der Waals surface area (Å²) < 4.78 is 5.54. The molecule has 0 heterocycles. The van der Waals surface area contributed by atoms with Crippen LogP contribution in [0.5, 0.6) is 0 Å². The second-order valence-corrected chi connectivity index (χ2v) is 18.6. The van der Waals surface area contributed by atoms with Crippen LogP contribution in [0.25, 0.3) is 0 Å². The molecule has 2 aromatic carbocycles. The van der Waals surface area contributed by atoms with Crippen LogP contribution in [-0.4, -0.2) is 103 Å². The Morgan fingerprint density at radius 3 is 1.97 bits per heavy atom. The molecular formula is C49H73N7O10. The van der Waals surface area contributed by atoms with Crippen molar-refractivity contribution in [2.24, 2.45) is 23.2 Å². The average Bonchev–Trinajstić information content (AvgIpc) is 3.26. The van der Waals surface area contributed by atoms with E-state index in [-0.39, 0.29) is 74.0 Å². The van der Waals surface area contributed by atoms with Crippen molar-refractivity contribution in [2.75, 3.05) is 38.5 Å². The molecule has 2 atom stereocenters. The SMILES string of the molecule is CCC(C(=O)N(C=O)CCCCCC(=O)NCC(=O)NCC(=O)NC(Cc1ccccc1)C(=O)NCC(=O)Nc1ccc(COC(=O)C(C)C)c(C(C)(C)N(C)C(=O)C(C)(C)C)c1)C(C)C. The number of ether oxygens (including phenoxy) is 1. The number of hydrogen-bond donors (Lipinski definition) is 5. The minimum Gasteiger partial charge on any atom is -0.461 e. The molecule has 2 unspecified atom stereocenters. The number of nitrogens with zero attached hydrogens (tertiary/aromatic N) is 2. The molecule has 17 nitrogen and oxygen atoms in total. The molecule has 66 heavy (non-hydrogen) atoms. The summed E-state index contributed by atoms with van der Waals surface area (Å²) in [6.45, 7) is 17.3. The third-order valence-corrected chi connectivity index (χ3v) is 11.2. The molecule has 0 radical (unpaired) electrons. The maximum atomic E-state index is 13.5. The van der Waals surface area contributed by atoms with Gasteiger partial charge in [-0.1, -0.05) is 98.2 Å². The van der Waals surface area contributed by atoms with Crippen molar-refractivity contribution >= 4 is 59.4 Å². The topological polar surface area (TPSA) is 229 Å². The van der Waals surface area contributed by atoms with Gasteiger partial charge in [0.05, 0.1) is 31.1 Å². The second-order valence-electron chi connectivity index (χ2n) is 18.6. The molecule has 17 heteroatoms. The third kappa shape index (κ3) is 18.4. The molecule has 0 saturated carbocycles. The summed E-state index contributed by atoms with van der Waals surface area (Å²) in [4.78, 5) is 117. The van der Waals surface area contributed by atoms with Gasteiger partial charge in [0.2, 0.25) is 47.8 Å². The molecular weight excluding hydrogens is 847 g/mol. The minimum atomic E-state index is -1.12. The summed E-state index contributed by atoms with van der Waals surface area (Å²) in [6.07, 6.45) is 3.00. The van der Waals surface area contributed by atoms with Crippen LogP contribution in [0, 0.1) is 23.2 Å². The van der Waals surface area contributed by atoms with Crippen molar-refractivity contribution in [2.45, 2.75) is 126 Å². The Morgan fingerprint density at radius 1 is 0.758 bits per heavy atom. The van der Waals surface area contributed by atoms with Gasteiger partial charge in [-0.25, -0.2) is 0 Å². The number of carbonyl (C=O) groups excluding carboxylic acids is 9. The van der Waals surface area contributed by atoms with Crippen molar-refractivity contribution in [3.05, 3.63) is 65.2 Å². The standard InChI is InChI=1S/C49H73N7O10/c1-12-37(32(2)3)45(63)56(31-57)24-18-14-17-21-40(58)50-27-41(59)51-28-43(61)54-39(25-34-19-15-13-16-20-34)44(62)52-29-42(60)53-36-23-22-35(30-66-46(64)33(4)5)38(26-36)49(9,10)55(11)47(65)48(6,7)8/h13,15-16,19-20,22-23,26,31-33,37,39H,12,14,17-18,21,24-25,27-30H2,1-11H3,(H,50,58)(H,51,59)(H,52,62)(H,53,60)(H,54,61). The first-order chi connectivity index (χ1) is 30.9. The number of carbonyl (C=O) groups is 9.